The molecule has 2 aliphatic rings. The molecule has 2 N–H and O–H groups in total. The van der Waals surface area contributed by atoms with Gasteiger partial charge in [0.1, 0.15) is 5.75 Å². The molecule has 4 nitrogen and oxygen atoms in total. The van der Waals surface area contributed by atoms with Crippen molar-refractivity contribution in [1.82, 2.24) is 10.2 Å². The average Bonchev–Trinajstić information content (AvgIpc) is 2.49. The van der Waals surface area contributed by atoms with Crippen molar-refractivity contribution in [3.63, 3.8) is 0 Å². The van der Waals surface area contributed by atoms with Crippen molar-refractivity contribution < 1.29 is 9.90 Å². The Balaban J connectivity index is 1.57. The van der Waals surface area contributed by atoms with Gasteiger partial charge in [-0.05, 0) is 56.5 Å². The van der Waals surface area contributed by atoms with E-state index < -0.39 is 0 Å². The van der Waals surface area contributed by atoms with Crippen LogP contribution in [0.5, 0.6) is 5.75 Å². The molecular formula is C18H21ClN2O2. The Morgan fingerprint density at radius 1 is 1.43 bits per heavy atom. The van der Waals surface area contributed by atoms with Gasteiger partial charge in [0, 0.05) is 34.6 Å². The van der Waals surface area contributed by atoms with Gasteiger partial charge in [-0.1, -0.05) is 11.6 Å². The van der Waals surface area contributed by atoms with E-state index in [0.717, 1.165) is 12.2 Å². The van der Waals surface area contributed by atoms with E-state index in [4.69, 9.17) is 11.6 Å². The predicted molar refractivity (Wildman–Crippen MR) is 91.1 cm³/mol. The first kappa shape index (κ1) is 15.9. The molecule has 1 fully saturated rings. The van der Waals surface area contributed by atoms with E-state index >= 15 is 0 Å². The van der Waals surface area contributed by atoms with Gasteiger partial charge < -0.3 is 15.3 Å². The van der Waals surface area contributed by atoms with E-state index in [0.29, 0.717) is 10.6 Å². The molecule has 0 atom stereocenters. The van der Waals surface area contributed by atoms with E-state index in [-0.39, 0.29) is 23.6 Å². The molecule has 0 radical (unpaired) electrons. The molecule has 1 heterocycles. The van der Waals surface area contributed by atoms with Crippen molar-refractivity contribution in [1.29, 1.82) is 0 Å². The van der Waals surface area contributed by atoms with Crippen LogP contribution in [0.25, 0.3) is 0 Å². The maximum atomic E-state index is 12.1. The SMILES string of the molecule is CC1(N2C=CC(NC(=O)Cc3cc(Cl)ccc3O)=CC2)CCC1. The van der Waals surface area contributed by atoms with Gasteiger partial charge in [0.2, 0.25) is 5.91 Å². The third-order valence-corrected chi connectivity index (χ3v) is 4.98. The van der Waals surface area contributed by atoms with Crippen LogP contribution in [0, 0.1) is 0 Å². The van der Waals surface area contributed by atoms with Gasteiger partial charge in [-0.2, -0.15) is 0 Å². The summed E-state index contributed by atoms with van der Waals surface area (Å²) >= 11 is 5.90. The number of halogens is 1. The number of hydrogen-bond donors (Lipinski definition) is 2. The first-order valence-corrected chi connectivity index (χ1v) is 8.26. The molecule has 0 spiro atoms. The molecule has 122 valence electrons. The predicted octanol–water partition coefficient (Wildman–Crippen LogP) is 3.36. The molecule has 1 aliphatic heterocycles. The van der Waals surface area contributed by atoms with E-state index in [9.17, 15) is 9.90 Å². The van der Waals surface area contributed by atoms with Crippen LogP contribution in [-0.4, -0.2) is 28.0 Å². The summed E-state index contributed by atoms with van der Waals surface area (Å²) < 4.78 is 0. The highest BCUT2D eigenvalue weighted by Crippen LogP contribution is 2.38. The Morgan fingerprint density at radius 3 is 2.83 bits per heavy atom. The highest BCUT2D eigenvalue weighted by atomic mass is 35.5. The van der Waals surface area contributed by atoms with Gasteiger partial charge in [-0.25, -0.2) is 0 Å². The monoisotopic (exact) mass is 332 g/mol. The minimum Gasteiger partial charge on any atom is -0.508 e. The lowest BCUT2D eigenvalue weighted by Gasteiger charge is -2.48. The maximum absolute atomic E-state index is 12.1. The summed E-state index contributed by atoms with van der Waals surface area (Å²) in [6.45, 7) is 3.09. The first-order valence-electron chi connectivity index (χ1n) is 7.89. The quantitative estimate of drug-likeness (QED) is 0.889. The van der Waals surface area contributed by atoms with Gasteiger partial charge in [0.25, 0.3) is 0 Å². The van der Waals surface area contributed by atoms with Crippen LogP contribution in [0.1, 0.15) is 31.7 Å². The molecule has 1 aromatic carbocycles. The summed E-state index contributed by atoms with van der Waals surface area (Å²) in [7, 11) is 0. The smallest absolute Gasteiger partial charge is 0.228 e. The van der Waals surface area contributed by atoms with Gasteiger partial charge in [-0.3, -0.25) is 4.79 Å². The lowest BCUT2D eigenvalue weighted by Crippen LogP contribution is -2.49. The fraction of sp³-hybridized carbons (Fsp3) is 0.389. The number of benzene rings is 1. The zero-order valence-corrected chi connectivity index (χ0v) is 13.9. The number of phenolic OH excluding ortho intramolecular Hbond substituents is 1. The Bertz CT molecular complexity index is 678. The third kappa shape index (κ3) is 3.53. The highest BCUT2D eigenvalue weighted by Gasteiger charge is 2.36. The zero-order chi connectivity index (χ0) is 16.4. The number of aromatic hydroxyl groups is 1. The van der Waals surface area contributed by atoms with E-state index in [1.165, 1.54) is 25.3 Å². The molecule has 0 saturated heterocycles. The first-order chi connectivity index (χ1) is 11.0. The molecular weight excluding hydrogens is 312 g/mol. The topological polar surface area (TPSA) is 52.6 Å². The van der Waals surface area contributed by atoms with E-state index in [1.807, 2.05) is 12.2 Å². The van der Waals surface area contributed by atoms with Gasteiger partial charge in [0.15, 0.2) is 0 Å². The Kier molecular flexibility index (Phi) is 4.35. The fourth-order valence-corrected chi connectivity index (χ4v) is 3.23. The number of allylic oxidation sites excluding steroid dienone is 1. The standard InChI is InChI=1S/C18H21ClN2O2/c1-18(7-2-8-18)21-9-5-15(6-10-21)20-17(23)12-13-11-14(19)3-4-16(13)22/h3-6,9,11,22H,2,7-8,10,12H2,1H3,(H,20,23). The minimum absolute atomic E-state index is 0.0850. The molecule has 0 unspecified atom stereocenters. The highest BCUT2D eigenvalue weighted by molar-refractivity contribution is 6.30. The van der Waals surface area contributed by atoms with Crippen molar-refractivity contribution in [3.05, 3.63) is 52.8 Å². The zero-order valence-electron chi connectivity index (χ0n) is 13.2. The minimum atomic E-state index is -0.165. The molecule has 23 heavy (non-hydrogen) atoms. The van der Waals surface area contributed by atoms with Crippen LogP contribution in [0.2, 0.25) is 5.02 Å². The molecule has 0 bridgehead atoms. The van der Waals surface area contributed by atoms with Crippen LogP contribution in [-0.2, 0) is 11.2 Å². The second kappa shape index (κ2) is 6.28. The fourth-order valence-electron chi connectivity index (χ4n) is 3.04. The summed E-state index contributed by atoms with van der Waals surface area (Å²) in [4.78, 5) is 14.5. The molecule has 1 saturated carbocycles. The van der Waals surface area contributed by atoms with Crippen molar-refractivity contribution >= 4 is 17.5 Å². The van der Waals surface area contributed by atoms with Gasteiger partial charge in [-0.15, -0.1) is 0 Å². The Morgan fingerprint density at radius 2 is 2.22 bits per heavy atom. The van der Waals surface area contributed by atoms with Crippen LogP contribution in [0.15, 0.2) is 42.2 Å². The molecule has 1 amide bonds. The van der Waals surface area contributed by atoms with E-state index in [1.54, 1.807) is 12.1 Å². The van der Waals surface area contributed by atoms with Crippen molar-refractivity contribution in [2.45, 2.75) is 38.1 Å². The van der Waals surface area contributed by atoms with Crippen LogP contribution >= 0.6 is 11.6 Å². The Hall–Kier alpha value is -1.94. The number of hydrogen-bond acceptors (Lipinski definition) is 3. The number of nitrogens with zero attached hydrogens (tertiary/aromatic N) is 1. The molecule has 0 aromatic heterocycles. The molecule has 3 rings (SSSR count). The maximum Gasteiger partial charge on any atom is 0.228 e. The summed E-state index contributed by atoms with van der Waals surface area (Å²) in [6, 6.07) is 4.71. The summed E-state index contributed by atoms with van der Waals surface area (Å²) in [5, 5.41) is 13.2. The normalized spacial score (nSPS) is 19.0. The Labute approximate surface area is 141 Å². The van der Waals surface area contributed by atoms with Crippen molar-refractivity contribution in [2.75, 3.05) is 6.54 Å². The van der Waals surface area contributed by atoms with Gasteiger partial charge in [0.05, 0.1) is 6.42 Å². The van der Waals surface area contributed by atoms with Crippen LogP contribution < -0.4 is 5.32 Å². The summed E-state index contributed by atoms with van der Waals surface area (Å²) in [5.41, 5.74) is 1.60. The van der Waals surface area contributed by atoms with Crippen molar-refractivity contribution in [2.24, 2.45) is 0 Å². The second-order valence-corrected chi connectivity index (χ2v) is 6.91. The number of phenols is 1. The lowest BCUT2D eigenvalue weighted by atomic mass is 9.77. The number of amides is 1. The lowest BCUT2D eigenvalue weighted by molar-refractivity contribution is -0.119. The number of carbonyl (C=O) groups is 1. The molecule has 5 heteroatoms. The third-order valence-electron chi connectivity index (χ3n) is 4.74. The van der Waals surface area contributed by atoms with Crippen LogP contribution in [0.4, 0.5) is 0 Å². The second-order valence-electron chi connectivity index (χ2n) is 6.48. The largest absolute Gasteiger partial charge is 0.508 e. The average molecular weight is 333 g/mol. The summed E-state index contributed by atoms with van der Waals surface area (Å²) in [6.07, 6.45) is 9.85. The molecule has 1 aliphatic carbocycles. The summed E-state index contributed by atoms with van der Waals surface area (Å²) in [5.74, 6) is -0.0800. The van der Waals surface area contributed by atoms with E-state index in [2.05, 4.69) is 23.3 Å². The molecule has 1 aromatic rings. The van der Waals surface area contributed by atoms with Crippen molar-refractivity contribution in [3.8, 4) is 5.75 Å². The number of nitrogens with one attached hydrogen (secondary N) is 1. The van der Waals surface area contributed by atoms with Crippen LogP contribution in [0.3, 0.4) is 0 Å². The number of rotatable bonds is 4. The van der Waals surface area contributed by atoms with Gasteiger partial charge >= 0.3 is 0 Å². The number of carbonyl (C=O) groups excluding carboxylic acids is 1.